The lowest BCUT2D eigenvalue weighted by Gasteiger charge is -2.39. The van der Waals surface area contributed by atoms with Crippen LogP contribution in [-0.4, -0.2) is 35.6 Å². The summed E-state index contributed by atoms with van der Waals surface area (Å²) in [5, 5.41) is 3.46. The molecule has 2 rings (SSSR count). The van der Waals surface area contributed by atoms with E-state index in [1.54, 1.807) is 0 Å². The maximum Gasteiger partial charge on any atom is 0.0477 e. The van der Waals surface area contributed by atoms with Crippen LogP contribution in [0.4, 0.5) is 0 Å². The lowest BCUT2D eigenvalue weighted by Crippen LogP contribution is -2.48. The molecular weight excluding hydrogens is 186 g/mol. The van der Waals surface area contributed by atoms with Gasteiger partial charge in [-0.15, -0.1) is 0 Å². The van der Waals surface area contributed by atoms with Gasteiger partial charge >= 0.3 is 0 Å². The first-order valence-electron chi connectivity index (χ1n) is 5.65. The maximum absolute atomic E-state index is 4.07. The number of nitrogens with zero attached hydrogens (tertiary/aromatic N) is 2. The van der Waals surface area contributed by atoms with Crippen molar-refractivity contribution in [2.75, 3.05) is 19.6 Å². The zero-order valence-corrected chi connectivity index (χ0v) is 9.48. The van der Waals surface area contributed by atoms with E-state index in [4.69, 9.17) is 0 Å². The summed E-state index contributed by atoms with van der Waals surface area (Å²) in [6.07, 6.45) is 3.75. The average molecular weight is 205 g/mol. The van der Waals surface area contributed by atoms with Crippen LogP contribution >= 0.6 is 0 Å². The standard InChI is InChI=1S/C12H19N3/c1-10(2)15-8-7-14-9-12(15)11-3-5-13-6-4-11/h3-6,10,12,14H,7-9H2,1-2H3. The van der Waals surface area contributed by atoms with Crippen molar-refractivity contribution >= 4 is 0 Å². The van der Waals surface area contributed by atoms with Crippen molar-refractivity contribution in [3.05, 3.63) is 30.1 Å². The Bertz CT molecular complexity index is 297. The molecular formula is C12H19N3. The van der Waals surface area contributed by atoms with E-state index in [2.05, 4.69) is 41.2 Å². The average Bonchev–Trinajstić information content (AvgIpc) is 2.30. The summed E-state index contributed by atoms with van der Waals surface area (Å²) < 4.78 is 0. The number of nitrogens with one attached hydrogen (secondary N) is 1. The maximum atomic E-state index is 4.07. The SMILES string of the molecule is CC(C)N1CCNCC1c1ccncc1. The summed E-state index contributed by atoms with van der Waals surface area (Å²) in [5.74, 6) is 0. The molecule has 1 atom stereocenters. The minimum Gasteiger partial charge on any atom is -0.314 e. The van der Waals surface area contributed by atoms with E-state index in [0.717, 1.165) is 19.6 Å². The van der Waals surface area contributed by atoms with Gasteiger partial charge in [0, 0.05) is 44.1 Å². The van der Waals surface area contributed by atoms with Gasteiger partial charge in [0.25, 0.3) is 0 Å². The van der Waals surface area contributed by atoms with E-state index in [-0.39, 0.29) is 0 Å². The Kier molecular flexibility index (Phi) is 3.34. The van der Waals surface area contributed by atoms with Gasteiger partial charge < -0.3 is 5.32 Å². The molecule has 1 saturated heterocycles. The van der Waals surface area contributed by atoms with Crippen LogP contribution in [0.3, 0.4) is 0 Å². The van der Waals surface area contributed by atoms with Crippen molar-refractivity contribution in [1.29, 1.82) is 0 Å². The molecule has 1 aromatic rings. The normalized spacial score (nSPS) is 23.3. The fourth-order valence-electron chi connectivity index (χ4n) is 2.23. The Morgan fingerprint density at radius 2 is 2.13 bits per heavy atom. The smallest absolute Gasteiger partial charge is 0.0477 e. The minimum atomic E-state index is 0.502. The Hall–Kier alpha value is -0.930. The quantitative estimate of drug-likeness (QED) is 0.792. The number of pyridine rings is 1. The van der Waals surface area contributed by atoms with Crippen molar-refractivity contribution in [3.8, 4) is 0 Å². The highest BCUT2D eigenvalue weighted by atomic mass is 15.2. The first-order chi connectivity index (χ1) is 7.29. The van der Waals surface area contributed by atoms with Gasteiger partial charge in [0.1, 0.15) is 0 Å². The highest BCUT2D eigenvalue weighted by molar-refractivity contribution is 5.16. The fraction of sp³-hybridized carbons (Fsp3) is 0.583. The van der Waals surface area contributed by atoms with Crippen molar-refractivity contribution in [3.63, 3.8) is 0 Å². The molecule has 1 fully saturated rings. The predicted octanol–water partition coefficient (Wildman–Crippen LogP) is 1.44. The van der Waals surface area contributed by atoms with Gasteiger partial charge in [-0.3, -0.25) is 9.88 Å². The van der Waals surface area contributed by atoms with Crippen LogP contribution in [0.5, 0.6) is 0 Å². The predicted molar refractivity (Wildman–Crippen MR) is 61.7 cm³/mol. The highest BCUT2D eigenvalue weighted by Crippen LogP contribution is 2.23. The summed E-state index contributed by atoms with van der Waals surface area (Å²) in [5.41, 5.74) is 1.37. The van der Waals surface area contributed by atoms with Crippen LogP contribution < -0.4 is 5.32 Å². The molecule has 82 valence electrons. The van der Waals surface area contributed by atoms with Gasteiger partial charge in [0.2, 0.25) is 0 Å². The Labute approximate surface area is 91.5 Å². The third-order valence-electron chi connectivity index (χ3n) is 3.04. The van der Waals surface area contributed by atoms with Crippen LogP contribution in [0.25, 0.3) is 0 Å². The van der Waals surface area contributed by atoms with Crippen molar-refractivity contribution in [1.82, 2.24) is 15.2 Å². The molecule has 1 aliphatic rings. The van der Waals surface area contributed by atoms with Crippen molar-refractivity contribution in [2.24, 2.45) is 0 Å². The largest absolute Gasteiger partial charge is 0.314 e. The monoisotopic (exact) mass is 205 g/mol. The van der Waals surface area contributed by atoms with E-state index in [0.29, 0.717) is 12.1 Å². The summed E-state index contributed by atoms with van der Waals surface area (Å²) in [6.45, 7) is 7.80. The second-order valence-corrected chi connectivity index (χ2v) is 4.33. The molecule has 15 heavy (non-hydrogen) atoms. The Morgan fingerprint density at radius 3 is 2.80 bits per heavy atom. The van der Waals surface area contributed by atoms with E-state index in [9.17, 15) is 0 Å². The number of rotatable bonds is 2. The third-order valence-corrected chi connectivity index (χ3v) is 3.04. The van der Waals surface area contributed by atoms with Gasteiger partial charge in [-0.1, -0.05) is 0 Å². The molecule has 1 unspecified atom stereocenters. The topological polar surface area (TPSA) is 28.2 Å². The molecule has 3 nitrogen and oxygen atoms in total. The minimum absolute atomic E-state index is 0.502. The zero-order valence-electron chi connectivity index (χ0n) is 9.48. The Balaban J connectivity index is 2.18. The molecule has 1 N–H and O–H groups in total. The van der Waals surface area contributed by atoms with Crippen LogP contribution in [0.1, 0.15) is 25.5 Å². The van der Waals surface area contributed by atoms with E-state index >= 15 is 0 Å². The summed E-state index contributed by atoms with van der Waals surface area (Å²) in [4.78, 5) is 6.62. The summed E-state index contributed by atoms with van der Waals surface area (Å²) in [7, 11) is 0. The van der Waals surface area contributed by atoms with Gasteiger partial charge in [-0.2, -0.15) is 0 Å². The Morgan fingerprint density at radius 1 is 1.40 bits per heavy atom. The zero-order chi connectivity index (χ0) is 10.7. The lowest BCUT2D eigenvalue weighted by molar-refractivity contribution is 0.124. The molecule has 0 spiro atoms. The lowest BCUT2D eigenvalue weighted by atomic mass is 10.0. The van der Waals surface area contributed by atoms with E-state index in [1.807, 2.05) is 12.4 Å². The third kappa shape index (κ3) is 2.36. The van der Waals surface area contributed by atoms with Crippen LogP contribution in [0.15, 0.2) is 24.5 Å². The van der Waals surface area contributed by atoms with E-state index < -0.39 is 0 Å². The summed E-state index contributed by atoms with van der Waals surface area (Å²) in [6, 6.07) is 5.34. The highest BCUT2D eigenvalue weighted by Gasteiger charge is 2.25. The molecule has 1 aliphatic heterocycles. The van der Waals surface area contributed by atoms with Crippen LogP contribution in [-0.2, 0) is 0 Å². The van der Waals surface area contributed by atoms with Gasteiger partial charge in [0.15, 0.2) is 0 Å². The van der Waals surface area contributed by atoms with Crippen LogP contribution in [0, 0.1) is 0 Å². The van der Waals surface area contributed by atoms with E-state index in [1.165, 1.54) is 5.56 Å². The van der Waals surface area contributed by atoms with Gasteiger partial charge in [-0.25, -0.2) is 0 Å². The van der Waals surface area contributed by atoms with Gasteiger partial charge in [-0.05, 0) is 31.5 Å². The number of hydrogen-bond donors (Lipinski definition) is 1. The fourth-order valence-corrected chi connectivity index (χ4v) is 2.23. The number of hydrogen-bond acceptors (Lipinski definition) is 3. The van der Waals surface area contributed by atoms with Crippen molar-refractivity contribution in [2.45, 2.75) is 25.9 Å². The number of aromatic nitrogens is 1. The first-order valence-corrected chi connectivity index (χ1v) is 5.65. The first kappa shape index (κ1) is 10.6. The molecule has 3 heteroatoms. The molecule has 1 aromatic heterocycles. The molecule has 0 bridgehead atoms. The number of piperazine rings is 1. The molecule has 0 aromatic carbocycles. The molecule has 0 amide bonds. The van der Waals surface area contributed by atoms with Gasteiger partial charge in [0.05, 0.1) is 0 Å². The molecule has 0 saturated carbocycles. The molecule has 0 aliphatic carbocycles. The molecule has 2 heterocycles. The second-order valence-electron chi connectivity index (χ2n) is 4.33. The molecule has 0 radical (unpaired) electrons. The second kappa shape index (κ2) is 4.73. The van der Waals surface area contributed by atoms with Crippen molar-refractivity contribution < 1.29 is 0 Å². The van der Waals surface area contributed by atoms with Crippen LogP contribution in [0.2, 0.25) is 0 Å². The summed E-state index contributed by atoms with van der Waals surface area (Å²) >= 11 is 0.